The topological polar surface area (TPSA) is 77.5 Å². The summed E-state index contributed by atoms with van der Waals surface area (Å²) in [6, 6.07) is 4.67. The summed E-state index contributed by atoms with van der Waals surface area (Å²) in [5.74, 6) is 5.51. The first-order chi connectivity index (χ1) is 9.92. The molecule has 3 N–H and O–H groups in total. The van der Waals surface area contributed by atoms with Crippen LogP contribution in [-0.4, -0.2) is 5.91 Å². The van der Waals surface area contributed by atoms with Gasteiger partial charge in [0.15, 0.2) is 5.76 Å². The number of carbonyl (C=O) groups excluding carboxylic acids is 1. The van der Waals surface area contributed by atoms with Crippen LogP contribution in [0.2, 0.25) is 15.1 Å². The van der Waals surface area contributed by atoms with Crippen LogP contribution in [0.15, 0.2) is 22.6 Å². The first-order valence-corrected chi connectivity index (χ1v) is 6.93. The second-order valence-electron chi connectivity index (χ2n) is 4.18. The number of furan rings is 1. The van der Waals surface area contributed by atoms with Crippen molar-refractivity contribution in [2.75, 3.05) is 0 Å². The lowest BCUT2D eigenvalue weighted by atomic mass is 10.2. The molecule has 0 saturated carbocycles. The van der Waals surface area contributed by atoms with Crippen molar-refractivity contribution >= 4 is 40.7 Å². The van der Waals surface area contributed by atoms with Crippen LogP contribution in [0.4, 0.5) is 0 Å². The molecule has 1 heterocycles. The summed E-state index contributed by atoms with van der Waals surface area (Å²) in [7, 11) is 0. The molecular weight excluding hydrogens is 339 g/mol. The third kappa shape index (κ3) is 3.63. The van der Waals surface area contributed by atoms with Gasteiger partial charge < -0.3 is 9.15 Å². The van der Waals surface area contributed by atoms with Gasteiger partial charge in [-0.3, -0.25) is 10.2 Å². The smallest absolute Gasteiger partial charge is 0.301 e. The molecule has 0 aliphatic carbocycles. The van der Waals surface area contributed by atoms with Crippen LogP contribution in [0.1, 0.15) is 21.9 Å². The zero-order valence-corrected chi connectivity index (χ0v) is 13.1. The normalized spacial score (nSPS) is 10.5. The largest absolute Gasteiger partial charge is 0.484 e. The molecule has 0 saturated heterocycles. The molecule has 2 aromatic rings. The fourth-order valence-corrected chi connectivity index (χ4v) is 2.27. The minimum absolute atomic E-state index is 0.0797. The van der Waals surface area contributed by atoms with Crippen LogP contribution in [0, 0.1) is 6.92 Å². The molecule has 1 aromatic carbocycles. The molecule has 1 amide bonds. The van der Waals surface area contributed by atoms with Crippen LogP contribution in [0.25, 0.3) is 0 Å². The van der Waals surface area contributed by atoms with Gasteiger partial charge in [0, 0.05) is 11.6 Å². The van der Waals surface area contributed by atoms with Crippen LogP contribution < -0.4 is 16.0 Å². The number of benzene rings is 1. The molecule has 0 unspecified atom stereocenters. The lowest BCUT2D eigenvalue weighted by molar-refractivity contribution is 0.0921. The Hall–Kier alpha value is -1.40. The molecule has 2 rings (SSSR count). The highest BCUT2D eigenvalue weighted by atomic mass is 35.5. The maximum absolute atomic E-state index is 11.4. The van der Waals surface area contributed by atoms with Crippen molar-refractivity contribution in [3.63, 3.8) is 0 Å². The molecular formula is C13H11Cl3N2O3. The van der Waals surface area contributed by atoms with E-state index in [-0.39, 0.29) is 12.4 Å². The Bertz CT molecular complexity index is 686. The molecule has 112 valence electrons. The molecule has 0 spiro atoms. The molecule has 1 aromatic heterocycles. The van der Waals surface area contributed by atoms with Crippen molar-refractivity contribution in [3.8, 4) is 5.75 Å². The molecule has 0 aliphatic heterocycles. The van der Waals surface area contributed by atoms with Crippen LogP contribution in [-0.2, 0) is 6.61 Å². The summed E-state index contributed by atoms with van der Waals surface area (Å²) < 4.78 is 10.9. The first-order valence-electron chi connectivity index (χ1n) is 5.80. The molecule has 0 fully saturated rings. The van der Waals surface area contributed by atoms with Gasteiger partial charge in [0.2, 0.25) is 0 Å². The van der Waals surface area contributed by atoms with Gasteiger partial charge in [-0.1, -0.05) is 34.8 Å². The summed E-state index contributed by atoms with van der Waals surface area (Å²) in [5, 5.41) is 0.993. The second kappa shape index (κ2) is 6.58. The molecule has 0 atom stereocenters. The Labute approximate surface area is 135 Å². The van der Waals surface area contributed by atoms with E-state index in [1.54, 1.807) is 13.0 Å². The average Bonchev–Trinajstić information content (AvgIpc) is 2.81. The maximum atomic E-state index is 11.4. The van der Waals surface area contributed by atoms with Crippen molar-refractivity contribution in [1.29, 1.82) is 0 Å². The van der Waals surface area contributed by atoms with Crippen molar-refractivity contribution in [2.24, 2.45) is 5.84 Å². The fraction of sp³-hybridized carbons (Fsp3) is 0.154. The Balaban J connectivity index is 2.14. The number of nitrogens with two attached hydrogens (primary N) is 1. The van der Waals surface area contributed by atoms with Crippen LogP contribution in [0.5, 0.6) is 5.75 Å². The number of nitrogens with one attached hydrogen (secondary N) is 1. The molecule has 21 heavy (non-hydrogen) atoms. The van der Waals surface area contributed by atoms with Crippen LogP contribution in [0.3, 0.4) is 0 Å². The first kappa shape index (κ1) is 16.0. The van der Waals surface area contributed by atoms with E-state index in [9.17, 15) is 4.79 Å². The summed E-state index contributed by atoms with van der Waals surface area (Å²) in [5.41, 5.74) is 2.66. The molecule has 5 nitrogen and oxygen atoms in total. The third-order valence-electron chi connectivity index (χ3n) is 2.65. The van der Waals surface area contributed by atoms with Gasteiger partial charge in [0.25, 0.3) is 0 Å². The number of amides is 1. The van der Waals surface area contributed by atoms with E-state index < -0.39 is 5.91 Å². The summed E-state index contributed by atoms with van der Waals surface area (Å²) in [6.45, 7) is 1.81. The van der Waals surface area contributed by atoms with E-state index in [1.165, 1.54) is 12.1 Å². The fourth-order valence-electron chi connectivity index (χ4n) is 1.67. The molecule has 0 radical (unpaired) electrons. The standard InChI is InChI=1S/C13H11Cl3N2O3/c1-6-2-7(21-12(6)13(19)18-17)5-20-11-4-9(15)8(14)3-10(11)16/h2-4H,5,17H2,1H3,(H,18,19). The average molecular weight is 350 g/mol. The lowest BCUT2D eigenvalue weighted by Gasteiger charge is -2.07. The number of hydrogen-bond acceptors (Lipinski definition) is 4. The summed E-state index contributed by atoms with van der Waals surface area (Å²) >= 11 is 17.7. The number of ether oxygens (including phenoxy) is 1. The highest BCUT2D eigenvalue weighted by Gasteiger charge is 2.15. The van der Waals surface area contributed by atoms with E-state index in [0.717, 1.165) is 0 Å². The Morgan fingerprint density at radius 1 is 1.24 bits per heavy atom. The highest BCUT2D eigenvalue weighted by Crippen LogP contribution is 2.34. The number of halogens is 3. The van der Waals surface area contributed by atoms with Gasteiger partial charge in [-0.25, -0.2) is 5.84 Å². The van der Waals surface area contributed by atoms with E-state index >= 15 is 0 Å². The summed E-state index contributed by atoms with van der Waals surface area (Å²) in [6.07, 6.45) is 0. The van der Waals surface area contributed by atoms with E-state index in [2.05, 4.69) is 0 Å². The minimum atomic E-state index is -0.508. The van der Waals surface area contributed by atoms with Gasteiger partial charge >= 0.3 is 5.91 Å². The molecule has 0 aliphatic rings. The molecule has 8 heteroatoms. The van der Waals surface area contributed by atoms with Gasteiger partial charge in [-0.2, -0.15) is 0 Å². The zero-order valence-electron chi connectivity index (χ0n) is 10.9. The molecule has 0 bridgehead atoms. The monoisotopic (exact) mass is 348 g/mol. The van der Waals surface area contributed by atoms with Gasteiger partial charge in [0.1, 0.15) is 18.1 Å². The predicted octanol–water partition coefficient (Wildman–Crippen LogP) is 3.73. The minimum Gasteiger partial charge on any atom is -0.484 e. The second-order valence-corrected chi connectivity index (χ2v) is 5.41. The number of nitrogen functional groups attached to an aromatic ring is 1. The number of aryl methyl sites for hydroxylation is 1. The SMILES string of the molecule is Cc1cc(COc2cc(Cl)c(Cl)cc2Cl)oc1C(=O)NN. The third-order valence-corrected chi connectivity index (χ3v) is 3.67. The van der Waals surface area contributed by atoms with Gasteiger partial charge in [0.05, 0.1) is 15.1 Å². The quantitative estimate of drug-likeness (QED) is 0.381. The number of rotatable bonds is 4. The highest BCUT2D eigenvalue weighted by molar-refractivity contribution is 6.43. The van der Waals surface area contributed by atoms with Gasteiger partial charge in [-0.05, 0) is 19.1 Å². The van der Waals surface area contributed by atoms with Crippen LogP contribution >= 0.6 is 34.8 Å². The Morgan fingerprint density at radius 3 is 2.57 bits per heavy atom. The predicted molar refractivity (Wildman–Crippen MR) is 80.9 cm³/mol. The number of hydrogen-bond donors (Lipinski definition) is 2. The number of hydrazine groups is 1. The van der Waals surface area contributed by atoms with E-state index in [1.807, 2.05) is 5.43 Å². The van der Waals surface area contributed by atoms with Crippen molar-refractivity contribution in [3.05, 3.63) is 50.4 Å². The Kier molecular flexibility index (Phi) is 5.00. The van der Waals surface area contributed by atoms with E-state index in [0.29, 0.717) is 32.1 Å². The van der Waals surface area contributed by atoms with Crippen molar-refractivity contribution in [1.82, 2.24) is 5.43 Å². The van der Waals surface area contributed by atoms with E-state index in [4.69, 9.17) is 49.8 Å². The Morgan fingerprint density at radius 2 is 1.90 bits per heavy atom. The number of carbonyl (C=O) groups is 1. The van der Waals surface area contributed by atoms with Crippen molar-refractivity contribution < 1.29 is 13.9 Å². The zero-order chi connectivity index (χ0) is 15.6. The van der Waals surface area contributed by atoms with Crippen molar-refractivity contribution in [2.45, 2.75) is 13.5 Å². The maximum Gasteiger partial charge on any atom is 0.301 e. The lowest BCUT2D eigenvalue weighted by Crippen LogP contribution is -2.30. The van der Waals surface area contributed by atoms with Gasteiger partial charge in [-0.15, -0.1) is 0 Å². The summed E-state index contributed by atoms with van der Waals surface area (Å²) in [4.78, 5) is 11.4.